The molecule has 8 aromatic carbocycles. The van der Waals surface area contributed by atoms with Crippen molar-refractivity contribution in [3.63, 3.8) is 0 Å². The van der Waals surface area contributed by atoms with Gasteiger partial charge in [-0.2, -0.15) is 0 Å². The lowest BCUT2D eigenvalue weighted by molar-refractivity contribution is 0.671. The molecule has 0 bridgehead atoms. The lowest BCUT2D eigenvalue weighted by Gasteiger charge is -2.10. The van der Waals surface area contributed by atoms with Gasteiger partial charge < -0.3 is 8.98 Å². The molecule has 12 rings (SSSR count). The van der Waals surface area contributed by atoms with Gasteiger partial charge in [0.1, 0.15) is 5.58 Å². The summed E-state index contributed by atoms with van der Waals surface area (Å²) >= 11 is 1.80. The molecule has 0 amide bonds. The highest BCUT2D eigenvalue weighted by Gasteiger charge is 2.22. The van der Waals surface area contributed by atoms with E-state index in [2.05, 4.69) is 168 Å². The zero-order valence-corrected chi connectivity index (χ0v) is 31.2. The van der Waals surface area contributed by atoms with Crippen molar-refractivity contribution in [1.29, 1.82) is 0 Å². The molecule has 0 aliphatic heterocycles. The molecule has 12 aromatic rings. The van der Waals surface area contributed by atoms with Crippen LogP contribution in [-0.2, 0) is 0 Å². The van der Waals surface area contributed by atoms with E-state index >= 15 is 0 Å². The molecule has 0 unspecified atom stereocenters. The van der Waals surface area contributed by atoms with Gasteiger partial charge >= 0.3 is 0 Å². The lowest BCUT2D eigenvalue weighted by atomic mass is 10.0. The highest BCUT2D eigenvalue weighted by atomic mass is 32.1. The molecule has 266 valence electrons. The third kappa shape index (κ3) is 5.04. The van der Waals surface area contributed by atoms with Gasteiger partial charge in [0.25, 0.3) is 0 Å². The van der Waals surface area contributed by atoms with Crippen LogP contribution in [0.1, 0.15) is 0 Å². The van der Waals surface area contributed by atoms with Crippen molar-refractivity contribution in [2.24, 2.45) is 0 Å². The average Bonchev–Trinajstić information content (AvgIpc) is 3.96. The lowest BCUT2D eigenvalue weighted by Crippen LogP contribution is -2.00. The molecular formula is C51H30N4OS. The minimum Gasteiger partial charge on any atom is -0.454 e. The van der Waals surface area contributed by atoms with Crippen LogP contribution >= 0.6 is 11.3 Å². The second-order valence-electron chi connectivity index (χ2n) is 14.4. The highest BCUT2D eigenvalue weighted by Crippen LogP contribution is 2.43. The molecular weight excluding hydrogens is 717 g/mol. The SMILES string of the molecule is c1ccc(-c2cccc(-c3nc(-c4ccc5sc6ccccc6c5c4)nc(-c4cccc5oc6c(ccc7c8ccccc8n(-c8ccccc8)c76)c45)n3)c2)cc1. The molecule has 0 saturated heterocycles. The molecule has 0 fully saturated rings. The van der Waals surface area contributed by atoms with Crippen LogP contribution in [0.5, 0.6) is 0 Å². The average molecular weight is 747 g/mol. The monoisotopic (exact) mass is 746 g/mol. The van der Waals surface area contributed by atoms with Crippen LogP contribution < -0.4 is 0 Å². The molecule has 4 heterocycles. The Morgan fingerprint density at radius 1 is 0.421 bits per heavy atom. The predicted molar refractivity (Wildman–Crippen MR) is 236 cm³/mol. The summed E-state index contributed by atoms with van der Waals surface area (Å²) in [4.78, 5) is 15.8. The zero-order valence-electron chi connectivity index (χ0n) is 30.4. The Hall–Kier alpha value is -7.41. The van der Waals surface area contributed by atoms with Crippen LogP contribution in [0.3, 0.4) is 0 Å². The fourth-order valence-electron chi connectivity index (χ4n) is 8.45. The Morgan fingerprint density at radius 3 is 1.93 bits per heavy atom. The largest absolute Gasteiger partial charge is 0.454 e. The van der Waals surface area contributed by atoms with E-state index in [0.717, 1.165) is 71.9 Å². The molecule has 0 N–H and O–H groups in total. The van der Waals surface area contributed by atoms with Gasteiger partial charge in [0.2, 0.25) is 0 Å². The van der Waals surface area contributed by atoms with Crippen molar-refractivity contribution in [1.82, 2.24) is 19.5 Å². The number of fused-ring (bicyclic) bond motifs is 10. The van der Waals surface area contributed by atoms with E-state index in [1.807, 2.05) is 18.2 Å². The smallest absolute Gasteiger partial charge is 0.164 e. The Kier molecular flexibility index (Phi) is 7.03. The van der Waals surface area contributed by atoms with E-state index in [4.69, 9.17) is 19.4 Å². The Morgan fingerprint density at radius 2 is 1.07 bits per heavy atom. The quantitative estimate of drug-likeness (QED) is 0.176. The van der Waals surface area contributed by atoms with Gasteiger partial charge in [-0.15, -0.1) is 11.3 Å². The summed E-state index contributed by atoms with van der Waals surface area (Å²) < 4.78 is 11.7. The van der Waals surface area contributed by atoms with E-state index in [0.29, 0.717) is 17.5 Å². The number of benzene rings is 8. The van der Waals surface area contributed by atoms with E-state index in [9.17, 15) is 0 Å². The van der Waals surface area contributed by atoms with Crippen molar-refractivity contribution in [3.8, 4) is 51.0 Å². The Labute approximate surface area is 330 Å². The van der Waals surface area contributed by atoms with Gasteiger partial charge in [0.15, 0.2) is 23.1 Å². The Bertz CT molecular complexity index is 3530. The number of furan rings is 1. The first-order valence-electron chi connectivity index (χ1n) is 19.0. The zero-order chi connectivity index (χ0) is 37.5. The van der Waals surface area contributed by atoms with Gasteiger partial charge in [-0.3, -0.25) is 0 Å². The number of rotatable bonds is 5. The van der Waals surface area contributed by atoms with Crippen molar-refractivity contribution >= 4 is 75.3 Å². The summed E-state index contributed by atoms with van der Waals surface area (Å²) in [7, 11) is 0. The summed E-state index contributed by atoms with van der Waals surface area (Å²) in [5.74, 6) is 1.82. The fraction of sp³-hybridized carbons (Fsp3) is 0. The molecule has 0 spiro atoms. The summed E-state index contributed by atoms with van der Waals surface area (Å²) in [5.41, 5.74) is 9.84. The van der Waals surface area contributed by atoms with Crippen molar-refractivity contribution < 1.29 is 4.42 Å². The first kappa shape index (κ1) is 31.9. The number of hydrogen-bond acceptors (Lipinski definition) is 5. The third-order valence-corrected chi connectivity index (χ3v) is 12.2. The van der Waals surface area contributed by atoms with Crippen LogP contribution in [-0.4, -0.2) is 19.5 Å². The second kappa shape index (κ2) is 12.6. The van der Waals surface area contributed by atoms with Crippen molar-refractivity contribution in [2.45, 2.75) is 0 Å². The fourth-order valence-corrected chi connectivity index (χ4v) is 9.54. The van der Waals surface area contributed by atoms with Crippen molar-refractivity contribution in [3.05, 3.63) is 182 Å². The van der Waals surface area contributed by atoms with Crippen LogP contribution in [0.4, 0.5) is 0 Å². The number of aromatic nitrogens is 4. The standard InChI is InChI=1S/C51H30N4OS/c1-3-13-31(14-4-1)32-15-11-16-33(29-32)49-52-50(34-25-28-45-41(30-34)37-20-8-10-24-44(37)57-45)54-51(53-49)40-21-12-23-43-46(40)39-27-26-38-36-19-7-9-22-42(36)55(47(38)48(39)56-43)35-17-5-2-6-18-35/h1-30H. The molecule has 0 aliphatic rings. The van der Waals surface area contributed by atoms with Crippen molar-refractivity contribution in [2.75, 3.05) is 0 Å². The Balaban J connectivity index is 1.12. The second-order valence-corrected chi connectivity index (χ2v) is 15.5. The minimum atomic E-state index is 0.590. The van der Waals surface area contributed by atoms with E-state index in [-0.39, 0.29) is 0 Å². The van der Waals surface area contributed by atoms with Crippen LogP contribution in [0.2, 0.25) is 0 Å². The number of para-hydroxylation sites is 2. The van der Waals surface area contributed by atoms with Gasteiger partial charge in [-0.25, -0.2) is 15.0 Å². The van der Waals surface area contributed by atoms with Gasteiger partial charge in [-0.05, 0) is 71.8 Å². The van der Waals surface area contributed by atoms with Gasteiger partial charge in [0, 0.05) is 64.1 Å². The molecule has 0 atom stereocenters. The molecule has 57 heavy (non-hydrogen) atoms. The maximum Gasteiger partial charge on any atom is 0.164 e. The summed E-state index contributed by atoms with van der Waals surface area (Å²) in [6.45, 7) is 0. The maximum absolute atomic E-state index is 6.90. The molecule has 4 aromatic heterocycles. The molecule has 6 heteroatoms. The van der Waals surface area contributed by atoms with E-state index in [1.165, 1.54) is 25.6 Å². The number of hydrogen-bond donors (Lipinski definition) is 0. The maximum atomic E-state index is 6.90. The highest BCUT2D eigenvalue weighted by molar-refractivity contribution is 7.25. The number of nitrogens with zero attached hydrogens (tertiary/aromatic N) is 4. The van der Waals surface area contributed by atoms with Crippen LogP contribution in [0, 0.1) is 0 Å². The van der Waals surface area contributed by atoms with E-state index < -0.39 is 0 Å². The van der Waals surface area contributed by atoms with Gasteiger partial charge in [-0.1, -0.05) is 121 Å². The predicted octanol–water partition coefficient (Wildman–Crippen LogP) is 13.9. The first-order valence-corrected chi connectivity index (χ1v) is 19.8. The third-order valence-electron chi connectivity index (χ3n) is 11.1. The van der Waals surface area contributed by atoms with E-state index in [1.54, 1.807) is 11.3 Å². The molecule has 0 aliphatic carbocycles. The first-order chi connectivity index (χ1) is 28.2. The topological polar surface area (TPSA) is 56.7 Å². The summed E-state index contributed by atoms with van der Waals surface area (Å²) in [6, 6.07) is 63.7. The molecule has 5 nitrogen and oxygen atoms in total. The summed E-state index contributed by atoms with van der Waals surface area (Å²) in [5, 5.41) is 6.73. The molecule has 0 radical (unpaired) electrons. The van der Waals surface area contributed by atoms with Crippen LogP contribution in [0.15, 0.2) is 186 Å². The molecule has 0 saturated carbocycles. The normalized spacial score (nSPS) is 11.9. The minimum absolute atomic E-state index is 0.590. The van der Waals surface area contributed by atoms with Gasteiger partial charge in [0.05, 0.1) is 11.0 Å². The van der Waals surface area contributed by atoms with Crippen LogP contribution in [0.25, 0.3) is 115 Å². The summed E-state index contributed by atoms with van der Waals surface area (Å²) in [6.07, 6.45) is 0. The number of thiophene rings is 1.